The van der Waals surface area contributed by atoms with E-state index < -0.39 is 20.1 Å². The summed E-state index contributed by atoms with van der Waals surface area (Å²) in [6.07, 6.45) is -0.844. The lowest BCUT2D eigenvalue weighted by Gasteiger charge is -2.45. The Kier molecular flexibility index (Phi) is 4.29. The van der Waals surface area contributed by atoms with Crippen molar-refractivity contribution in [1.82, 2.24) is 5.06 Å². The van der Waals surface area contributed by atoms with Gasteiger partial charge in [-0.2, -0.15) is 5.06 Å². The second-order valence-electron chi connectivity index (χ2n) is 9.92. The molecule has 1 aliphatic heterocycles. The van der Waals surface area contributed by atoms with Crippen LogP contribution in [0.3, 0.4) is 0 Å². The van der Waals surface area contributed by atoms with Crippen molar-refractivity contribution in [2.45, 2.75) is 64.5 Å². The van der Waals surface area contributed by atoms with E-state index in [2.05, 4.69) is 47.7 Å². The van der Waals surface area contributed by atoms with E-state index in [1.807, 2.05) is 30.3 Å². The van der Waals surface area contributed by atoms with Gasteiger partial charge in [0.05, 0.1) is 12.1 Å². The van der Waals surface area contributed by atoms with E-state index in [4.69, 9.17) is 4.43 Å². The molecule has 0 amide bonds. The summed E-state index contributed by atoms with van der Waals surface area (Å²) in [7, 11) is -1.98. The molecular formula is C20H33NO3Si. The first-order valence-corrected chi connectivity index (χ1v) is 12.1. The molecule has 25 heavy (non-hydrogen) atoms. The topological polar surface area (TPSA) is 52.9 Å². The molecule has 0 unspecified atom stereocenters. The molecule has 2 aliphatic rings. The summed E-state index contributed by atoms with van der Waals surface area (Å²) in [6.45, 7) is 15.9. The molecule has 5 heteroatoms. The molecule has 2 N–H and O–H groups in total. The molecule has 140 valence electrons. The van der Waals surface area contributed by atoms with Gasteiger partial charge in [-0.25, -0.2) is 0 Å². The molecule has 0 spiro atoms. The first-order chi connectivity index (χ1) is 11.4. The van der Waals surface area contributed by atoms with Crippen LogP contribution in [0.15, 0.2) is 30.3 Å². The van der Waals surface area contributed by atoms with Crippen molar-refractivity contribution in [3.63, 3.8) is 0 Å². The molecule has 0 bridgehead atoms. The number of piperidine rings is 1. The fourth-order valence-corrected chi connectivity index (χ4v) is 5.48. The molecule has 4 atom stereocenters. The number of nitrogens with zero attached hydrogens (tertiary/aromatic N) is 1. The molecule has 0 aromatic heterocycles. The Labute approximate surface area is 152 Å². The van der Waals surface area contributed by atoms with Crippen LogP contribution in [-0.4, -0.2) is 36.5 Å². The standard InChI is InChI=1S/C20H33NO3Si/c1-18(2,3)25(6,7)24-13-20(14-11-9-8-10-12-14)16-15(19(16,4)5)17(22)21(20)23/h8-12,15-17,22-23H,13H2,1-7H3/t15-,16-,17+,20+/m0/s1. The Bertz CT molecular complexity index is 640. The Morgan fingerprint density at radius 2 is 1.72 bits per heavy atom. The van der Waals surface area contributed by atoms with Crippen LogP contribution in [-0.2, 0) is 9.96 Å². The Hall–Kier alpha value is -0.723. The third kappa shape index (κ3) is 2.63. The van der Waals surface area contributed by atoms with Gasteiger partial charge in [-0.15, -0.1) is 0 Å². The van der Waals surface area contributed by atoms with Crippen molar-refractivity contribution in [3.8, 4) is 0 Å². The van der Waals surface area contributed by atoms with E-state index in [9.17, 15) is 10.3 Å². The maximum absolute atomic E-state index is 10.9. The number of hydrogen-bond acceptors (Lipinski definition) is 4. The van der Waals surface area contributed by atoms with Gasteiger partial charge in [0, 0.05) is 5.92 Å². The quantitative estimate of drug-likeness (QED) is 0.787. The Morgan fingerprint density at radius 3 is 2.20 bits per heavy atom. The van der Waals surface area contributed by atoms with Crippen molar-refractivity contribution in [2.75, 3.05) is 6.61 Å². The lowest BCUT2D eigenvalue weighted by Crippen LogP contribution is -2.54. The van der Waals surface area contributed by atoms with Crippen molar-refractivity contribution >= 4 is 8.32 Å². The van der Waals surface area contributed by atoms with Gasteiger partial charge in [0.1, 0.15) is 6.23 Å². The zero-order valence-electron chi connectivity index (χ0n) is 16.6. The number of benzene rings is 1. The lowest BCUT2D eigenvalue weighted by molar-refractivity contribution is -0.260. The lowest BCUT2D eigenvalue weighted by atomic mass is 9.82. The largest absolute Gasteiger partial charge is 0.414 e. The summed E-state index contributed by atoms with van der Waals surface area (Å²) in [5.74, 6) is 0.243. The van der Waals surface area contributed by atoms with Gasteiger partial charge in [0.15, 0.2) is 8.32 Å². The monoisotopic (exact) mass is 363 g/mol. The molecular weight excluding hydrogens is 330 g/mol. The maximum atomic E-state index is 10.9. The van der Waals surface area contributed by atoms with Crippen LogP contribution in [0.4, 0.5) is 0 Å². The smallest absolute Gasteiger partial charge is 0.192 e. The first kappa shape index (κ1) is 19.0. The fraction of sp³-hybridized carbons (Fsp3) is 0.700. The van der Waals surface area contributed by atoms with Gasteiger partial charge in [-0.1, -0.05) is 65.0 Å². The normalized spacial score (nSPS) is 34.8. The number of hydrogen-bond donors (Lipinski definition) is 2. The third-order valence-corrected chi connectivity index (χ3v) is 11.6. The number of rotatable bonds is 4. The van der Waals surface area contributed by atoms with Crippen LogP contribution < -0.4 is 0 Å². The van der Waals surface area contributed by atoms with Crippen LogP contribution >= 0.6 is 0 Å². The predicted octanol–water partition coefficient (Wildman–Crippen LogP) is 4.20. The van der Waals surface area contributed by atoms with Gasteiger partial charge in [-0.3, -0.25) is 0 Å². The van der Waals surface area contributed by atoms with E-state index in [0.29, 0.717) is 6.61 Å². The Morgan fingerprint density at radius 1 is 1.16 bits per heavy atom. The molecule has 4 nitrogen and oxygen atoms in total. The van der Waals surface area contributed by atoms with E-state index in [1.165, 1.54) is 5.06 Å². The van der Waals surface area contributed by atoms with Crippen LogP contribution in [0.5, 0.6) is 0 Å². The first-order valence-electron chi connectivity index (χ1n) is 9.23. The minimum absolute atomic E-state index is 0.00865. The Balaban J connectivity index is 2.01. The van der Waals surface area contributed by atoms with Gasteiger partial charge >= 0.3 is 0 Å². The minimum Gasteiger partial charge on any atom is -0.414 e. The summed E-state index contributed by atoms with van der Waals surface area (Å²) in [5, 5.41) is 22.8. The van der Waals surface area contributed by atoms with Gasteiger partial charge in [0.25, 0.3) is 0 Å². The summed E-state index contributed by atoms with van der Waals surface area (Å²) >= 11 is 0. The molecule has 1 heterocycles. The van der Waals surface area contributed by atoms with Gasteiger partial charge in [-0.05, 0) is 35.0 Å². The van der Waals surface area contributed by atoms with Crippen molar-refractivity contribution in [1.29, 1.82) is 0 Å². The maximum Gasteiger partial charge on any atom is 0.192 e. The summed E-state index contributed by atoms with van der Waals surface area (Å²) in [4.78, 5) is 0. The molecule has 1 saturated carbocycles. The second-order valence-corrected chi connectivity index (χ2v) is 14.7. The van der Waals surface area contributed by atoms with Gasteiger partial charge < -0.3 is 14.7 Å². The highest BCUT2D eigenvalue weighted by Crippen LogP contribution is 2.73. The highest BCUT2D eigenvalue weighted by molar-refractivity contribution is 6.74. The summed E-state index contributed by atoms with van der Waals surface area (Å²) < 4.78 is 6.57. The minimum atomic E-state index is -1.98. The average molecular weight is 364 g/mol. The third-order valence-electron chi connectivity index (χ3n) is 7.14. The molecule has 2 fully saturated rings. The van der Waals surface area contributed by atoms with Crippen LogP contribution in [0.2, 0.25) is 18.1 Å². The van der Waals surface area contributed by atoms with Crippen LogP contribution in [0.1, 0.15) is 40.2 Å². The predicted molar refractivity (Wildman–Crippen MR) is 102 cm³/mol. The fourth-order valence-electron chi connectivity index (χ4n) is 4.46. The molecule has 1 aromatic carbocycles. The zero-order valence-corrected chi connectivity index (χ0v) is 17.6. The molecule has 1 aliphatic carbocycles. The average Bonchev–Trinajstić information content (AvgIpc) is 3.00. The number of hydroxylamine groups is 2. The van der Waals surface area contributed by atoms with Crippen LogP contribution in [0.25, 0.3) is 0 Å². The number of fused-ring (bicyclic) bond motifs is 1. The highest BCUT2D eigenvalue weighted by Gasteiger charge is 2.78. The number of aliphatic hydroxyl groups excluding tert-OH is 1. The van der Waals surface area contributed by atoms with E-state index in [1.54, 1.807) is 0 Å². The van der Waals surface area contributed by atoms with E-state index in [0.717, 1.165) is 5.56 Å². The zero-order chi connectivity index (χ0) is 18.8. The van der Waals surface area contributed by atoms with Crippen molar-refractivity contribution in [2.24, 2.45) is 17.3 Å². The molecule has 1 saturated heterocycles. The summed E-state index contributed by atoms with van der Waals surface area (Å²) in [6, 6.07) is 10.1. The molecule has 3 rings (SSSR count). The van der Waals surface area contributed by atoms with Crippen molar-refractivity contribution < 1.29 is 14.7 Å². The van der Waals surface area contributed by atoms with Crippen molar-refractivity contribution in [3.05, 3.63) is 35.9 Å². The summed E-state index contributed by atoms with van der Waals surface area (Å²) in [5.41, 5.74) is 0.323. The van der Waals surface area contributed by atoms with E-state index in [-0.39, 0.29) is 22.3 Å². The SMILES string of the molecule is CC1(C)[C@@H]2[C@@H](O)N(O)[C@](CO[Si](C)(C)C(C)(C)C)(c3ccccc3)[C@@H]21. The van der Waals surface area contributed by atoms with Crippen LogP contribution in [0, 0.1) is 17.3 Å². The molecule has 1 aromatic rings. The number of aliphatic hydroxyl groups is 1. The van der Waals surface area contributed by atoms with E-state index >= 15 is 0 Å². The second kappa shape index (κ2) is 5.63. The molecule has 0 radical (unpaired) electrons. The highest BCUT2D eigenvalue weighted by atomic mass is 28.4. The van der Waals surface area contributed by atoms with Gasteiger partial charge in [0.2, 0.25) is 0 Å².